The number of anilines is 1. The zero-order valence-electron chi connectivity index (χ0n) is 9.08. The van der Waals surface area contributed by atoms with Crippen molar-refractivity contribution in [1.82, 2.24) is 0 Å². The highest BCUT2D eigenvalue weighted by Crippen LogP contribution is 2.09. The van der Waals surface area contributed by atoms with Gasteiger partial charge >= 0.3 is 0 Å². The molecule has 0 fully saturated rings. The third-order valence-electron chi connectivity index (χ3n) is 2.31. The molecule has 0 aliphatic heterocycles. The van der Waals surface area contributed by atoms with Crippen LogP contribution in [0.25, 0.3) is 0 Å². The van der Waals surface area contributed by atoms with Crippen molar-refractivity contribution in [3.8, 4) is 0 Å². The SMILES string of the molecule is NCCCCNc1ccc(CCO)cc1. The molecule has 0 spiro atoms. The topological polar surface area (TPSA) is 58.3 Å². The summed E-state index contributed by atoms with van der Waals surface area (Å²) in [7, 11) is 0. The van der Waals surface area contributed by atoms with E-state index in [0.29, 0.717) is 0 Å². The fourth-order valence-electron chi connectivity index (χ4n) is 1.42. The van der Waals surface area contributed by atoms with Crippen molar-refractivity contribution >= 4 is 5.69 Å². The largest absolute Gasteiger partial charge is 0.396 e. The van der Waals surface area contributed by atoms with Crippen LogP contribution in [0.5, 0.6) is 0 Å². The number of aliphatic hydroxyl groups is 1. The van der Waals surface area contributed by atoms with Crippen molar-refractivity contribution in [2.24, 2.45) is 5.73 Å². The molecule has 0 saturated carbocycles. The van der Waals surface area contributed by atoms with E-state index in [-0.39, 0.29) is 6.61 Å². The molecule has 0 aliphatic carbocycles. The summed E-state index contributed by atoms with van der Waals surface area (Å²) in [5.74, 6) is 0. The first-order chi connectivity index (χ1) is 7.36. The molecule has 1 rings (SSSR count). The quantitative estimate of drug-likeness (QED) is 0.593. The Kier molecular flexibility index (Phi) is 5.81. The molecule has 1 aromatic carbocycles. The van der Waals surface area contributed by atoms with Gasteiger partial charge in [-0.05, 0) is 43.5 Å². The van der Waals surface area contributed by atoms with E-state index in [2.05, 4.69) is 5.32 Å². The van der Waals surface area contributed by atoms with Gasteiger partial charge in [0.1, 0.15) is 0 Å². The van der Waals surface area contributed by atoms with E-state index in [9.17, 15) is 0 Å². The molecule has 0 atom stereocenters. The summed E-state index contributed by atoms with van der Waals surface area (Å²) in [5.41, 5.74) is 7.71. The van der Waals surface area contributed by atoms with E-state index < -0.39 is 0 Å². The first kappa shape index (κ1) is 12.0. The second-order valence-electron chi connectivity index (χ2n) is 3.59. The fraction of sp³-hybridized carbons (Fsp3) is 0.500. The fourth-order valence-corrected chi connectivity index (χ4v) is 1.42. The van der Waals surface area contributed by atoms with Crippen LogP contribution < -0.4 is 11.1 Å². The average Bonchev–Trinajstić information content (AvgIpc) is 2.27. The number of rotatable bonds is 7. The predicted molar refractivity (Wildman–Crippen MR) is 64.0 cm³/mol. The molecule has 84 valence electrons. The van der Waals surface area contributed by atoms with Crippen LogP contribution in [-0.2, 0) is 6.42 Å². The van der Waals surface area contributed by atoms with Crippen LogP contribution in [0.15, 0.2) is 24.3 Å². The van der Waals surface area contributed by atoms with Gasteiger partial charge in [-0.3, -0.25) is 0 Å². The summed E-state index contributed by atoms with van der Waals surface area (Å²) < 4.78 is 0. The lowest BCUT2D eigenvalue weighted by Crippen LogP contribution is -2.05. The van der Waals surface area contributed by atoms with Gasteiger partial charge in [0.2, 0.25) is 0 Å². The smallest absolute Gasteiger partial charge is 0.0471 e. The Labute approximate surface area is 91.3 Å². The zero-order chi connectivity index (χ0) is 10.9. The Bertz CT molecular complexity index is 259. The molecule has 0 bridgehead atoms. The molecule has 0 aromatic heterocycles. The van der Waals surface area contributed by atoms with Gasteiger partial charge in [0.05, 0.1) is 0 Å². The van der Waals surface area contributed by atoms with Gasteiger partial charge in [0, 0.05) is 18.8 Å². The number of nitrogens with two attached hydrogens (primary N) is 1. The zero-order valence-corrected chi connectivity index (χ0v) is 9.08. The molecule has 0 saturated heterocycles. The molecule has 0 aliphatic rings. The minimum Gasteiger partial charge on any atom is -0.396 e. The van der Waals surface area contributed by atoms with E-state index in [4.69, 9.17) is 10.8 Å². The van der Waals surface area contributed by atoms with Crippen molar-refractivity contribution in [2.75, 3.05) is 25.0 Å². The van der Waals surface area contributed by atoms with E-state index in [1.165, 1.54) is 5.56 Å². The van der Waals surface area contributed by atoms with Gasteiger partial charge < -0.3 is 16.2 Å². The maximum atomic E-state index is 8.76. The summed E-state index contributed by atoms with van der Waals surface area (Å²) in [6.45, 7) is 1.94. The van der Waals surface area contributed by atoms with Gasteiger partial charge in [-0.25, -0.2) is 0 Å². The van der Waals surface area contributed by atoms with E-state index in [1.54, 1.807) is 0 Å². The van der Waals surface area contributed by atoms with Crippen LogP contribution in [0.1, 0.15) is 18.4 Å². The van der Waals surface area contributed by atoms with Crippen LogP contribution >= 0.6 is 0 Å². The molecule has 3 nitrogen and oxygen atoms in total. The lowest BCUT2D eigenvalue weighted by Gasteiger charge is -2.06. The first-order valence-electron chi connectivity index (χ1n) is 5.50. The van der Waals surface area contributed by atoms with Gasteiger partial charge in [-0.2, -0.15) is 0 Å². The van der Waals surface area contributed by atoms with Crippen molar-refractivity contribution in [3.05, 3.63) is 29.8 Å². The highest BCUT2D eigenvalue weighted by molar-refractivity contribution is 5.44. The summed E-state index contributed by atoms with van der Waals surface area (Å²) in [6, 6.07) is 8.18. The third kappa shape index (κ3) is 4.81. The Morgan fingerprint density at radius 2 is 1.87 bits per heavy atom. The summed E-state index contributed by atoms with van der Waals surface area (Å²) >= 11 is 0. The van der Waals surface area contributed by atoms with Gasteiger partial charge in [0.15, 0.2) is 0 Å². The van der Waals surface area contributed by atoms with E-state index in [0.717, 1.165) is 38.0 Å². The lowest BCUT2D eigenvalue weighted by molar-refractivity contribution is 0.299. The standard InChI is InChI=1S/C12H20N2O/c13-8-1-2-9-14-12-5-3-11(4-6-12)7-10-15/h3-6,14-15H,1-2,7-10,13H2. The molecular weight excluding hydrogens is 188 g/mol. The number of hydrogen-bond acceptors (Lipinski definition) is 3. The maximum Gasteiger partial charge on any atom is 0.0471 e. The van der Waals surface area contributed by atoms with E-state index >= 15 is 0 Å². The highest BCUT2D eigenvalue weighted by Gasteiger charge is 1.93. The monoisotopic (exact) mass is 208 g/mol. The molecular formula is C12H20N2O. The Morgan fingerprint density at radius 3 is 2.47 bits per heavy atom. The van der Waals surface area contributed by atoms with Crippen molar-refractivity contribution in [2.45, 2.75) is 19.3 Å². The highest BCUT2D eigenvalue weighted by atomic mass is 16.2. The third-order valence-corrected chi connectivity index (χ3v) is 2.31. The second kappa shape index (κ2) is 7.26. The van der Waals surface area contributed by atoms with Gasteiger partial charge in [-0.15, -0.1) is 0 Å². The first-order valence-corrected chi connectivity index (χ1v) is 5.50. The van der Waals surface area contributed by atoms with Crippen molar-refractivity contribution < 1.29 is 5.11 Å². The van der Waals surface area contributed by atoms with Gasteiger partial charge in [0.25, 0.3) is 0 Å². The lowest BCUT2D eigenvalue weighted by atomic mass is 10.1. The van der Waals surface area contributed by atoms with Crippen molar-refractivity contribution in [1.29, 1.82) is 0 Å². The molecule has 1 aromatic rings. The van der Waals surface area contributed by atoms with Crippen molar-refractivity contribution in [3.63, 3.8) is 0 Å². The summed E-state index contributed by atoms with van der Waals surface area (Å²) in [5, 5.41) is 12.1. The molecule has 0 heterocycles. The number of hydrogen-bond donors (Lipinski definition) is 3. The summed E-state index contributed by atoms with van der Waals surface area (Å²) in [6.07, 6.45) is 2.90. The van der Waals surface area contributed by atoms with Gasteiger partial charge in [-0.1, -0.05) is 12.1 Å². The second-order valence-corrected chi connectivity index (χ2v) is 3.59. The van der Waals surface area contributed by atoms with Crippen LogP contribution in [0.3, 0.4) is 0 Å². The maximum absolute atomic E-state index is 8.76. The number of nitrogens with one attached hydrogen (secondary N) is 1. The molecule has 3 heteroatoms. The number of benzene rings is 1. The number of unbranched alkanes of at least 4 members (excludes halogenated alkanes) is 1. The molecule has 0 radical (unpaired) electrons. The minimum atomic E-state index is 0.212. The van der Waals surface area contributed by atoms with Crippen LogP contribution in [-0.4, -0.2) is 24.8 Å². The Hall–Kier alpha value is -1.06. The Balaban J connectivity index is 2.29. The Morgan fingerprint density at radius 1 is 1.13 bits per heavy atom. The predicted octanol–water partition coefficient (Wildman–Crippen LogP) is 1.37. The van der Waals surface area contributed by atoms with E-state index in [1.807, 2.05) is 24.3 Å². The molecule has 4 N–H and O–H groups in total. The number of aliphatic hydroxyl groups excluding tert-OH is 1. The van der Waals surface area contributed by atoms with Crippen LogP contribution in [0.2, 0.25) is 0 Å². The average molecular weight is 208 g/mol. The minimum absolute atomic E-state index is 0.212. The molecule has 0 amide bonds. The summed E-state index contributed by atoms with van der Waals surface area (Å²) in [4.78, 5) is 0. The normalized spacial score (nSPS) is 10.3. The van der Waals surface area contributed by atoms with Crippen LogP contribution in [0, 0.1) is 0 Å². The molecule has 15 heavy (non-hydrogen) atoms. The van der Waals surface area contributed by atoms with Crippen LogP contribution in [0.4, 0.5) is 5.69 Å². The molecule has 0 unspecified atom stereocenters.